The molecule has 0 bridgehead atoms. The third-order valence-corrected chi connectivity index (χ3v) is 5.32. The molecule has 0 saturated carbocycles. The fraction of sp³-hybridized carbons (Fsp3) is 0.273. The molecule has 2 amide bonds. The van der Waals surface area contributed by atoms with E-state index in [0.717, 1.165) is 0 Å². The van der Waals surface area contributed by atoms with Crippen molar-refractivity contribution in [2.75, 3.05) is 27.9 Å². The quantitative estimate of drug-likeness (QED) is 0.573. The molecule has 1 aliphatic heterocycles. The molecular formula is C22H23BrN2O6. The lowest BCUT2D eigenvalue weighted by atomic mass is 9.92. The molecule has 164 valence electrons. The van der Waals surface area contributed by atoms with Gasteiger partial charge < -0.3 is 29.6 Å². The summed E-state index contributed by atoms with van der Waals surface area (Å²) in [6.45, 7) is 2.32. The largest absolute Gasteiger partial charge is 0.497 e. The van der Waals surface area contributed by atoms with Crippen molar-refractivity contribution in [2.24, 2.45) is 0 Å². The van der Waals surface area contributed by atoms with E-state index in [0.29, 0.717) is 45.2 Å². The number of hydrogen-bond donors (Lipinski definition) is 2. The average molecular weight is 491 g/mol. The molecule has 31 heavy (non-hydrogen) atoms. The Morgan fingerprint density at radius 1 is 1.10 bits per heavy atom. The number of methoxy groups -OCH3 is 3. The summed E-state index contributed by atoms with van der Waals surface area (Å²) in [4.78, 5) is 25.3. The topological polar surface area (TPSA) is 95.1 Å². The smallest absolute Gasteiger partial charge is 0.338 e. The number of benzene rings is 2. The van der Waals surface area contributed by atoms with Crippen molar-refractivity contribution in [3.63, 3.8) is 0 Å². The molecule has 1 atom stereocenters. The highest BCUT2D eigenvalue weighted by molar-refractivity contribution is 9.10. The van der Waals surface area contributed by atoms with E-state index in [-0.39, 0.29) is 5.57 Å². The minimum atomic E-state index is -0.779. The van der Waals surface area contributed by atoms with Gasteiger partial charge in [0.25, 0.3) is 0 Å². The standard InChI is InChI=1S/C22H23BrN2O6/c1-5-31-20-15(23)10-13(11-16(20)29-3)19-17(21(26)30-4)18(24-22(27)25-19)12-6-8-14(28-2)9-7-12/h6-11,19H,5H2,1-4H3,(H2,24,25,27). The minimum Gasteiger partial charge on any atom is -0.497 e. The summed E-state index contributed by atoms with van der Waals surface area (Å²) < 4.78 is 22.0. The number of hydrogen-bond acceptors (Lipinski definition) is 6. The Balaban J connectivity index is 2.18. The van der Waals surface area contributed by atoms with E-state index in [1.807, 2.05) is 6.92 Å². The summed E-state index contributed by atoms with van der Waals surface area (Å²) >= 11 is 3.49. The van der Waals surface area contributed by atoms with E-state index >= 15 is 0 Å². The van der Waals surface area contributed by atoms with Gasteiger partial charge in [-0.2, -0.15) is 0 Å². The Bertz CT molecular complexity index is 1020. The maximum absolute atomic E-state index is 12.8. The van der Waals surface area contributed by atoms with E-state index in [1.165, 1.54) is 14.2 Å². The highest BCUT2D eigenvalue weighted by Crippen LogP contribution is 2.41. The molecule has 1 aliphatic rings. The Morgan fingerprint density at radius 2 is 1.81 bits per heavy atom. The van der Waals surface area contributed by atoms with Crippen LogP contribution in [0, 0.1) is 0 Å². The van der Waals surface area contributed by atoms with Gasteiger partial charge in [-0.25, -0.2) is 9.59 Å². The lowest BCUT2D eigenvalue weighted by molar-refractivity contribution is -0.136. The van der Waals surface area contributed by atoms with Crippen molar-refractivity contribution in [3.8, 4) is 17.2 Å². The van der Waals surface area contributed by atoms with Gasteiger partial charge >= 0.3 is 12.0 Å². The molecule has 2 N–H and O–H groups in total. The molecule has 0 aliphatic carbocycles. The van der Waals surface area contributed by atoms with Crippen LogP contribution < -0.4 is 24.8 Å². The number of halogens is 1. The molecule has 0 saturated heterocycles. The van der Waals surface area contributed by atoms with Crippen LogP contribution in [0.5, 0.6) is 17.2 Å². The van der Waals surface area contributed by atoms with Gasteiger partial charge in [-0.05, 0) is 70.4 Å². The Labute approximate surface area is 188 Å². The number of carbonyl (C=O) groups excluding carboxylic acids is 2. The third-order valence-electron chi connectivity index (χ3n) is 4.73. The first-order valence-electron chi connectivity index (χ1n) is 9.48. The summed E-state index contributed by atoms with van der Waals surface area (Å²) in [5, 5.41) is 5.53. The number of rotatable bonds is 7. The van der Waals surface area contributed by atoms with Crippen LogP contribution in [-0.4, -0.2) is 39.9 Å². The Kier molecular flexibility index (Phi) is 7.06. The molecule has 0 fully saturated rings. The molecule has 0 radical (unpaired) electrons. The van der Waals surface area contributed by atoms with Crippen LogP contribution >= 0.6 is 15.9 Å². The van der Waals surface area contributed by atoms with Crippen molar-refractivity contribution >= 4 is 33.6 Å². The van der Waals surface area contributed by atoms with E-state index in [2.05, 4.69) is 26.6 Å². The SMILES string of the molecule is CCOc1c(Br)cc(C2NC(=O)NC(c3ccc(OC)cc3)=C2C(=O)OC)cc1OC. The zero-order valence-electron chi connectivity index (χ0n) is 17.6. The minimum absolute atomic E-state index is 0.255. The van der Waals surface area contributed by atoms with Crippen LogP contribution in [0.2, 0.25) is 0 Å². The number of nitrogens with one attached hydrogen (secondary N) is 2. The fourth-order valence-electron chi connectivity index (χ4n) is 3.32. The zero-order chi connectivity index (χ0) is 22.5. The van der Waals surface area contributed by atoms with Crippen LogP contribution in [0.3, 0.4) is 0 Å². The number of esters is 1. The van der Waals surface area contributed by atoms with Crippen molar-refractivity contribution in [1.29, 1.82) is 0 Å². The molecule has 8 nitrogen and oxygen atoms in total. The lowest BCUT2D eigenvalue weighted by Gasteiger charge is -2.30. The van der Waals surface area contributed by atoms with Crippen LogP contribution in [0.4, 0.5) is 4.79 Å². The second-order valence-electron chi connectivity index (χ2n) is 6.51. The van der Waals surface area contributed by atoms with Gasteiger partial charge in [-0.15, -0.1) is 0 Å². The first-order chi connectivity index (χ1) is 14.9. The van der Waals surface area contributed by atoms with Crippen molar-refractivity contribution in [1.82, 2.24) is 10.6 Å². The first kappa shape index (κ1) is 22.5. The zero-order valence-corrected chi connectivity index (χ0v) is 19.2. The second kappa shape index (κ2) is 9.74. The molecule has 1 unspecified atom stereocenters. The lowest BCUT2D eigenvalue weighted by Crippen LogP contribution is -2.45. The highest BCUT2D eigenvalue weighted by atomic mass is 79.9. The third kappa shape index (κ3) is 4.61. The van der Waals surface area contributed by atoms with E-state index in [9.17, 15) is 9.59 Å². The van der Waals surface area contributed by atoms with Gasteiger partial charge in [0, 0.05) is 0 Å². The Morgan fingerprint density at radius 3 is 2.39 bits per heavy atom. The number of amides is 2. The molecule has 1 heterocycles. The molecular weight excluding hydrogens is 468 g/mol. The summed E-state index contributed by atoms with van der Waals surface area (Å²) in [7, 11) is 4.38. The van der Waals surface area contributed by atoms with Gasteiger partial charge in [0.2, 0.25) is 0 Å². The number of carbonyl (C=O) groups is 2. The molecule has 2 aromatic rings. The second-order valence-corrected chi connectivity index (χ2v) is 7.36. The van der Waals surface area contributed by atoms with Gasteiger partial charge in [0.05, 0.1) is 49.7 Å². The van der Waals surface area contributed by atoms with Crippen molar-refractivity contribution in [3.05, 3.63) is 57.6 Å². The molecule has 0 spiro atoms. The van der Waals surface area contributed by atoms with Gasteiger partial charge in [-0.3, -0.25) is 0 Å². The number of ether oxygens (including phenoxy) is 4. The maximum atomic E-state index is 12.8. The molecule has 3 rings (SSSR count). The summed E-state index contributed by atoms with van der Waals surface area (Å²) in [5.74, 6) is 1.08. The normalized spacial score (nSPS) is 15.6. The van der Waals surface area contributed by atoms with Crippen LogP contribution in [0.1, 0.15) is 24.1 Å². The predicted octanol–water partition coefficient (Wildman–Crippen LogP) is 3.80. The van der Waals surface area contributed by atoms with Crippen molar-refractivity contribution in [2.45, 2.75) is 13.0 Å². The Hall–Kier alpha value is -3.20. The van der Waals surface area contributed by atoms with E-state index in [1.54, 1.807) is 43.5 Å². The highest BCUT2D eigenvalue weighted by Gasteiger charge is 2.35. The summed E-state index contributed by atoms with van der Waals surface area (Å²) in [5.41, 5.74) is 1.86. The van der Waals surface area contributed by atoms with Gasteiger partial charge in [0.1, 0.15) is 5.75 Å². The van der Waals surface area contributed by atoms with Crippen LogP contribution in [-0.2, 0) is 9.53 Å². The van der Waals surface area contributed by atoms with E-state index < -0.39 is 18.0 Å². The van der Waals surface area contributed by atoms with E-state index in [4.69, 9.17) is 18.9 Å². The average Bonchev–Trinajstić information content (AvgIpc) is 2.79. The molecule has 2 aromatic carbocycles. The summed E-state index contributed by atoms with van der Waals surface area (Å²) in [6.07, 6.45) is 0. The monoisotopic (exact) mass is 490 g/mol. The molecule has 0 aromatic heterocycles. The predicted molar refractivity (Wildman–Crippen MR) is 118 cm³/mol. The maximum Gasteiger partial charge on any atom is 0.338 e. The van der Waals surface area contributed by atoms with Crippen LogP contribution in [0.25, 0.3) is 5.70 Å². The fourth-order valence-corrected chi connectivity index (χ4v) is 3.89. The summed E-state index contributed by atoms with van der Waals surface area (Å²) in [6, 6.07) is 9.28. The van der Waals surface area contributed by atoms with Gasteiger partial charge in [0.15, 0.2) is 11.5 Å². The van der Waals surface area contributed by atoms with Crippen LogP contribution in [0.15, 0.2) is 46.4 Å². The van der Waals surface area contributed by atoms with Crippen molar-refractivity contribution < 1.29 is 28.5 Å². The molecule has 9 heteroatoms. The van der Waals surface area contributed by atoms with Gasteiger partial charge in [-0.1, -0.05) is 0 Å². The number of urea groups is 1. The first-order valence-corrected chi connectivity index (χ1v) is 10.3.